The fraction of sp³-hybridized carbons (Fsp3) is 0.375. The second-order valence-electron chi connectivity index (χ2n) is 8.42. The van der Waals surface area contributed by atoms with Crippen LogP contribution < -0.4 is 16.4 Å². The maximum atomic E-state index is 13.0. The van der Waals surface area contributed by atoms with Gasteiger partial charge in [0.2, 0.25) is 11.9 Å². The Hall–Kier alpha value is -3.46. The molecule has 2 aromatic heterocycles. The van der Waals surface area contributed by atoms with Crippen LogP contribution in [0.2, 0.25) is 0 Å². The molecular formula is C24H28FN7O. The van der Waals surface area contributed by atoms with Gasteiger partial charge in [-0.15, -0.1) is 0 Å². The van der Waals surface area contributed by atoms with Crippen LogP contribution in [0.3, 0.4) is 0 Å². The van der Waals surface area contributed by atoms with E-state index in [2.05, 4.69) is 30.6 Å². The number of aromatic nitrogens is 4. The normalized spacial score (nSPS) is 19.0. The van der Waals surface area contributed by atoms with Crippen LogP contribution in [-0.4, -0.2) is 38.4 Å². The van der Waals surface area contributed by atoms with E-state index in [-0.39, 0.29) is 11.7 Å². The van der Waals surface area contributed by atoms with E-state index in [1.165, 1.54) is 12.1 Å². The number of carbonyl (C=O) groups is 1. The summed E-state index contributed by atoms with van der Waals surface area (Å²) in [7, 11) is 0. The van der Waals surface area contributed by atoms with Crippen LogP contribution in [0.5, 0.6) is 0 Å². The fourth-order valence-electron chi connectivity index (χ4n) is 4.14. The van der Waals surface area contributed by atoms with Gasteiger partial charge in [-0.2, -0.15) is 0 Å². The van der Waals surface area contributed by atoms with Crippen molar-refractivity contribution < 1.29 is 9.18 Å². The summed E-state index contributed by atoms with van der Waals surface area (Å²) in [6.45, 7) is 0.617. The van der Waals surface area contributed by atoms with Crippen molar-refractivity contribution in [3.8, 4) is 0 Å². The van der Waals surface area contributed by atoms with Gasteiger partial charge in [-0.1, -0.05) is 12.1 Å². The molecule has 8 nitrogen and oxygen atoms in total. The number of amides is 1. The highest BCUT2D eigenvalue weighted by Gasteiger charge is 2.24. The highest BCUT2D eigenvalue weighted by molar-refractivity contribution is 5.81. The van der Waals surface area contributed by atoms with E-state index in [1.54, 1.807) is 36.9 Å². The highest BCUT2D eigenvalue weighted by Crippen LogP contribution is 2.35. The molecule has 0 aliphatic heterocycles. The number of nitrogens with zero attached hydrogens (tertiary/aromatic N) is 4. The molecule has 0 unspecified atom stereocenters. The molecule has 0 saturated heterocycles. The fourth-order valence-corrected chi connectivity index (χ4v) is 4.14. The number of hydrogen-bond donors (Lipinski definition) is 3. The van der Waals surface area contributed by atoms with Crippen LogP contribution in [0.1, 0.15) is 42.9 Å². The van der Waals surface area contributed by atoms with Crippen LogP contribution in [0.4, 0.5) is 16.2 Å². The number of halogens is 1. The number of hydrogen-bond acceptors (Lipinski definition) is 7. The van der Waals surface area contributed by atoms with Gasteiger partial charge in [-0.3, -0.25) is 9.78 Å². The molecule has 9 heteroatoms. The average Bonchev–Trinajstić information content (AvgIpc) is 2.85. The Morgan fingerprint density at radius 3 is 2.58 bits per heavy atom. The highest BCUT2D eigenvalue weighted by atomic mass is 19.1. The zero-order valence-corrected chi connectivity index (χ0v) is 18.3. The molecule has 33 heavy (non-hydrogen) atoms. The largest absolute Gasteiger partial charge is 0.354 e. The number of nitrogens with two attached hydrogens (primary N) is 1. The van der Waals surface area contributed by atoms with Crippen molar-refractivity contribution >= 4 is 17.7 Å². The minimum Gasteiger partial charge on any atom is -0.354 e. The third kappa shape index (κ3) is 6.52. The van der Waals surface area contributed by atoms with Gasteiger partial charge in [0.25, 0.3) is 0 Å². The van der Waals surface area contributed by atoms with Gasteiger partial charge in [-0.05, 0) is 61.8 Å². The van der Waals surface area contributed by atoms with Gasteiger partial charge in [0.15, 0.2) is 5.82 Å². The van der Waals surface area contributed by atoms with Crippen molar-refractivity contribution in [1.29, 1.82) is 0 Å². The summed E-state index contributed by atoms with van der Waals surface area (Å²) in [4.78, 5) is 29.5. The molecule has 1 fully saturated rings. The van der Waals surface area contributed by atoms with Crippen molar-refractivity contribution in [2.24, 2.45) is 11.7 Å². The lowest BCUT2D eigenvalue weighted by atomic mass is 9.80. The van der Waals surface area contributed by atoms with Crippen LogP contribution in [0.25, 0.3) is 0 Å². The number of nitrogens with one attached hydrogen (secondary N) is 2. The van der Waals surface area contributed by atoms with Gasteiger partial charge in [0.05, 0.1) is 12.2 Å². The Morgan fingerprint density at radius 2 is 1.85 bits per heavy atom. The minimum absolute atomic E-state index is 0.169. The first-order valence-corrected chi connectivity index (χ1v) is 11.2. The van der Waals surface area contributed by atoms with Gasteiger partial charge in [-0.25, -0.2) is 19.3 Å². The van der Waals surface area contributed by atoms with Crippen molar-refractivity contribution in [3.63, 3.8) is 0 Å². The van der Waals surface area contributed by atoms with Crippen LogP contribution >= 0.6 is 0 Å². The lowest BCUT2D eigenvalue weighted by Crippen LogP contribution is -2.44. The molecular weight excluding hydrogens is 421 g/mol. The zero-order valence-electron chi connectivity index (χ0n) is 18.3. The van der Waals surface area contributed by atoms with E-state index < -0.39 is 6.04 Å². The molecule has 1 atom stereocenters. The third-order valence-electron chi connectivity index (χ3n) is 6.02. The lowest BCUT2D eigenvalue weighted by molar-refractivity contribution is -0.122. The molecule has 1 saturated carbocycles. The van der Waals surface area contributed by atoms with E-state index in [1.807, 2.05) is 6.07 Å². The molecule has 3 aromatic rings. The third-order valence-corrected chi connectivity index (χ3v) is 6.02. The van der Waals surface area contributed by atoms with Crippen molar-refractivity contribution in [1.82, 2.24) is 25.3 Å². The van der Waals surface area contributed by atoms with Gasteiger partial charge in [0.1, 0.15) is 5.82 Å². The summed E-state index contributed by atoms with van der Waals surface area (Å²) >= 11 is 0. The van der Waals surface area contributed by atoms with E-state index in [9.17, 15) is 9.18 Å². The Morgan fingerprint density at radius 1 is 1.06 bits per heavy atom. The van der Waals surface area contributed by atoms with E-state index in [0.29, 0.717) is 36.6 Å². The number of benzene rings is 1. The quantitative estimate of drug-likeness (QED) is 0.483. The Kier molecular flexibility index (Phi) is 7.51. The smallest absolute Gasteiger partial charge is 0.237 e. The number of anilines is 2. The lowest BCUT2D eigenvalue weighted by Gasteiger charge is -2.28. The Labute approximate surface area is 192 Å². The summed E-state index contributed by atoms with van der Waals surface area (Å²) < 4.78 is 13.0. The van der Waals surface area contributed by atoms with Gasteiger partial charge < -0.3 is 16.4 Å². The maximum absolute atomic E-state index is 13.0. The SMILES string of the molecule is N[C@H](Cc1ccc(F)cc1)C(=O)NCC1CCC(c2ccnc(Nc3cnccn3)n2)CC1. The van der Waals surface area contributed by atoms with Crippen LogP contribution in [-0.2, 0) is 11.2 Å². The number of carbonyl (C=O) groups excluding carboxylic acids is 1. The first-order chi connectivity index (χ1) is 16.1. The zero-order chi connectivity index (χ0) is 23.0. The van der Waals surface area contributed by atoms with E-state index in [0.717, 1.165) is 36.9 Å². The molecule has 1 amide bonds. The molecule has 172 valence electrons. The summed E-state index contributed by atoms with van der Waals surface area (Å²) in [5, 5.41) is 6.07. The van der Waals surface area contributed by atoms with Crippen molar-refractivity contribution in [2.45, 2.75) is 44.1 Å². The van der Waals surface area contributed by atoms with Crippen LogP contribution in [0, 0.1) is 11.7 Å². The molecule has 4 rings (SSSR count). The van der Waals surface area contributed by atoms with E-state index >= 15 is 0 Å². The van der Waals surface area contributed by atoms with Gasteiger partial charge in [0, 0.05) is 36.7 Å². The predicted octanol–water partition coefficient (Wildman–Crippen LogP) is 3.11. The second kappa shape index (κ2) is 10.9. The summed E-state index contributed by atoms with van der Waals surface area (Å²) in [5.41, 5.74) is 7.90. The average molecular weight is 450 g/mol. The van der Waals surface area contributed by atoms with E-state index in [4.69, 9.17) is 5.73 Å². The second-order valence-corrected chi connectivity index (χ2v) is 8.42. The van der Waals surface area contributed by atoms with Crippen molar-refractivity contribution in [3.05, 3.63) is 72.2 Å². The molecule has 2 heterocycles. The predicted molar refractivity (Wildman–Crippen MR) is 123 cm³/mol. The van der Waals surface area contributed by atoms with Crippen molar-refractivity contribution in [2.75, 3.05) is 11.9 Å². The monoisotopic (exact) mass is 449 g/mol. The summed E-state index contributed by atoms with van der Waals surface area (Å²) in [6, 6.07) is 7.39. The molecule has 1 aromatic carbocycles. The molecule has 0 radical (unpaired) electrons. The molecule has 1 aliphatic carbocycles. The van der Waals surface area contributed by atoms with Crippen LogP contribution in [0.15, 0.2) is 55.1 Å². The van der Waals surface area contributed by atoms with Gasteiger partial charge >= 0.3 is 0 Å². The first kappa shape index (κ1) is 22.7. The maximum Gasteiger partial charge on any atom is 0.237 e. The molecule has 0 bridgehead atoms. The standard InChI is InChI=1S/C24H28FN7O/c25-19-7-3-16(4-8-19)13-20(26)23(33)30-14-17-1-5-18(6-2-17)21-9-10-29-24(31-21)32-22-15-27-11-12-28-22/h3-4,7-12,15,17-18,20H,1-2,5-6,13-14,26H2,(H,30,33)(H,28,29,31,32)/t17?,18?,20-/m1/s1. The molecule has 0 spiro atoms. The summed E-state index contributed by atoms with van der Waals surface area (Å²) in [6.07, 6.45) is 11.0. The molecule has 1 aliphatic rings. The number of rotatable bonds is 8. The Balaban J connectivity index is 1.22. The first-order valence-electron chi connectivity index (χ1n) is 11.2. The topological polar surface area (TPSA) is 119 Å². The minimum atomic E-state index is -0.645. The summed E-state index contributed by atoms with van der Waals surface area (Å²) in [5.74, 6) is 1.43. The Bertz CT molecular complexity index is 1040. The molecule has 4 N–H and O–H groups in total.